The number of nitrogens with one attached hydrogen (secondary N) is 2. The molecule has 1 aromatic carbocycles. The summed E-state index contributed by atoms with van der Waals surface area (Å²) in [6.07, 6.45) is 2.44. The van der Waals surface area contributed by atoms with Crippen LogP contribution in [-0.4, -0.2) is 24.5 Å². The Balaban J connectivity index is 1.98. The summed E-state index contributed by atoms with van der Waals surface area (Å²) in [7, 11) is 1.80. The molecule has 0 aliphatic carbocycles. The standard InChI is InChI=1S/C17H21N3O/c1-12-6-4-5-7-14(12)8-9-19-17(21)15-11-20-13(2)10-16(15)18-3/h4-7,10-11H,8-9H2,1-3H3,(H,18,20)(H,19,21). The van der Waals surface area contributed by atoms with Gasteiger partial charge in [-0.15, -0.1) is 0 Å². The number of nitrogens with zero attached hydrogens (tertiary/aromatic N) is 1. The highest BCUT2D eigenvalue weighted by Gasteiger charge is 2.11. The predicted octanol–water partition coefficient (Wildman–Crippen LogP) is 2.71. The van der Waals surface area contributed by atoms with Gasteiger partial charge in [-0.3, -0.25) is 9.78 Å². The number of rotatable bonds is 5. The summed E-state index contributed by atoms with van der Waals surface area (Å²) in [5, 5.41) is 5.98. The van der Waals surface area contributed by atoms with E-state index >= 15 is 0 Å². The Morgan fingerprint density at radius 2 is 2.00 bits per heavy atom. The van der Waals surface area contributed by atoms with Crippen molar-refractivity contribution in [3.05, 3.63) is 58.9 Å². The third kappa shape index (κ3) is 3.81. The Morgan fingerprint density at radius 3 is 2.71 bits per heavy atom. The molecular weight excluding hydrogens is 262 g/mol. The maximum Gasteiger partial charge on any atom is 0.254 e. The first kappa shape index (κ1) is 15.0. The Kier molecular flexibility index (Phi) is 4.93. The minimum Gasteiger partial charge on any atom is -0.387 e. The Bertz CT molecular complexity index is 638. The highest BCUT2D eigenvalue weighted by Crippen LogP contribution is 2.14. The molecule has 0 aliphatic rings. The van der Waals surface area contributed by atoms with E-state index in [4.69, 9.17) is 0 Å². The third-order valence-corrected chi connectivity index (χ3v) is 3.50. The van der Waals surface area contributed by atoms with Crippen LogP contribution in [0, 0.1) is 13.8 Å². The molecule has 1 aromatic heterocycles. The van der Waals surface area contributed by atoms with Crippen molar-refractivity contribution in [2.75, 3.05) is 18.9 Å². The summed E-state index contributed by atoms with van der Waals surface area (Å²) >= 11 is 0. The second-order valence-electron chi connectivity index (χ2n) is 5.05. The largest absolute Gasteiger partial charge is 0.387 e. The molecule has 0 unspecified atom stereocenters. The van der Waals surface area contributed by atoms with Gasteiger partial charge in [0, 0.05) is 25.5 Å². The number of hydrogen-bond donors (Lipinski definition) is 2. The average molecular weight is 283 g/mol. The van der Waals surface area contributed by atoms with Crippen LogP contribution in [0.5, 0.6) is 0 Å². The van der Waals surface area contributed by atoms with E-state index in [0.717, 1.165) is 17.8 Å². The number of carbonyl (C=O) groups is 1. The second kappa shape index (κ2) is 6.88. The maximum absolute atomic E-state index is 12.2. The predicted molar refractivity (Wildman–Crippen MR) is 85.7 cm³/mol. The van der Waals surface area contributed by atoms with E-state index in [1.165, 1.54) is 11.1 Å². The molecule has 0 saturated heterocycles. The monoisotopic (exact) mass is 283 g/mol. The first-order valence-electron chi connectivity index (χ1n) is 7.09. The fourth-order valence-corrected chi connectivity index (χ4v) is 2.24. The normalized spacial score (nSPS) is 10.2. The van der Waals surface area contributed by atoms with Crippen LogP contribution in [0.25, 0.3) is 0 Å². The molecule has 0 fully saturated rings. The van der Waals surface area contributed by atoms with Gasteiger partial charge in [0.25, 0.3) is 5.91 Å². The molecule has 0 bridgehead atoms. The van der Waals surface area contributed by atoms with Gasteiger partial charge in [0.05, 0.1) is 11.3 Å². The number of carbonyl (C=O) groups excluding carboxylic acids is 1. The Morgan fingerprint density at radius 1 is 1.24 bits per heavy atom. The fourth-order valence-electron chi connectivity index (χ4n) is 2.24. The van der Waals surface area contributed by atoms with Crippen molar-refractivity contribution in [2.45, 2.75) is 20.3 Å². The minimum atomic E-state index is -0.0968. The average Bonchev–Trinajstić information content (AvgIpc) is 2.48. The van der Waals surface area contributed by atoms with Crippen LogP contribution >= 0.6 is 0 Å². The van der Waals surface area contributed by atoms with E-state index in [9.17, 15) is 4.79 Å². The van der Waals surface area contributed by atoms with Crippen LogP contribution in [0.15, 0.2) is 36.5 Å². The zero-order valence-corrected chi connectivity index (χ0v) is 12.7. The summed E-state index contributed by atoms with van der Waals surface area (Å²) < 4.78 is 0. The van der Waals surface area contributed by atoms with Crippen LogP contribution in [-0.2, 0) is 6.42 Å². The van der Waals surface area contributed by atoms with Crippen molar-refractivity contribution in [3.8, 4) is 0 Å². The second-order valence-corrected chi connectivity index (χ2v) is 5.05. The molecule has 4 nitrogen and oxygen atoms in total. The molecule has 0 aliphatic heterocycles. The molecule has 21 heavy (non-hydrogen) atoms. The molecule has 1 heterocycles. The van der Waals surface area contributed by atoms with Crippen molar-refractivity contribution >= 4 is 11.6 Å². The van der Waals surface area contributed by atoms with Crippen LogP contribution in [0.3, 0.4) is 0 Å². The van der Waals surface area contributed by atoms with Gasteiger partial charge in [-0.25, -0.2) is 0 Å². The topological polar surface area (TPSA) is 54.0 Å². The van der Waals surface area contributed by atoms with Crippen molar-refractivity contribution in [1.82, 2.24) is 10.3 Å². The highest BCUT2D eigenvalue weighted by molar-refractivity contribution is 5.99. The van der Waals surface area contributed by atoms with Crippen LogP contribution in [0.2, 0.25) is 0 Å². The zero-order valence-electron chi connectivity index (χ0n) is 12.7. The van der Waals surface area contributed by atoms with E-state index in [-0.39, 0.29) is 5.91 Å². The number of benzene rings is 1. The summed E-state index contributed by atoms with van der Waals surface area (Å²) in [5.41, 5.74) is 4.77. The molecule has 4 heteroatoms. The Labute approximate surface area is 125 Å². The first-order chi connectivity index (χ1) is 10.1. The van der Waals surface area contributed by atoms with Crippen LogP contribution in [0.1, 0.15) is 27.2 Å². The fraction of sp³-hybridized carbons (Fsp3) is 0.294. The lowest BCUT2D eigenvalue weighted by molar-refractivity contribution is 0.0954. The zero-order chi connectivity index (χ0) is 15.2. The first-order valence-corrected chi connectivity index (χ1v) is 7.09. The lowest BCUT2D eigenvalue weighted by Crippen LogP contribution is -2.26. The molecule has 0 spiro atoms. The molecule has 0 radical (unpaired) electrons. The lowest BCUT2D eigenvalue weighted by atomic mass is 10.1. The van der Waals surface area contributed by atoms with Gasteiger partial charge in [-0.2, -0.15) is 0 Å². The summed E-state index contributed by atoms with van der Waals surface area (Å²) in [6.45, 7) is 4.60. The maximum atomic E-state index is 12.2. The van der Waals surface area contributed by atoms with Gasteiger partial charge in [-0.1, -0.05) is 24.3 Å². The van der Waals surface area contributed by atoms with Crippen molar-refractivity contribution in [1.29, 1.82) is 0 Å². The van der Waals surface area contributed by atoms with E-state index in [0.29, 0.717) is 12.1 Å². The Hall–Kier alpha value is -2.36. The van der Waals surface area contributed by atoms with Crippen molar-refractivity contribution in [3.63, 3.8) is 0 Å². The van der Waals surface area contributed by atoms with Gasteiger partial charge in [0.2, 0.25) is 0 Å². The number of aryl methyl sites for hydroxylation is 2. The van der Waals surface area contributed by atoms with Gasteiger partial charge < -0.3 is 10.6 Å². The van der Waals surface area contributed by atoms with Gasteiger partial charge in [0.15, 0.2) is 0 Å². The molecule has 2 aromatic rings. The van der Waals surface area contributed by atoms with Gasteiger partial charge in [-0.05, 0) is 37.5 Å². The van der Waals surface area contributed by atoms with Crippen molar-refractivity contribution < 1.29 is 4.79 Å². The molecule has 0 saturated carbocycles. The minimum absolute atomic E-state index is 0.0968. The lowest BCUT2D eigenvalue weighted by Gasteiger charge is -2.11. The quantitative estimate of drug-likeness (QED) is 0.887. The number of hydrogen-bond acceptors (Lipinski definition) is 3. The molecule has 2 N–H and O–H groups in total. The third-order valence-electron chi connectivity index (χ3n) is 3.50. The van der Waals surface area contributed by atoms with E-state index in [1.54, 1.807) is 13.2 Å². The smallest absolute Gasteiger partial charge is 0.254 e. The molecular formula is C17H21N3O. The number of anilines is 1. The van der Waals surface area contributed by atoms with Gasteiger partial charge in [0.1, 0.15) is 0 Å². The van der Waals surface area contributed by atoms with E-state index in [2.05, 4.69) is 34.7 Å². The molecule has 1 amide bonds. The molecule has 0 atom stereocenters. The van der Waals surface area contributed by atoms with Crippen LogP contribution < -0.4 is 10.6 Å². The van der Waals surface area contributed by atoms with Gasteiger partial charge >= 0.3 is 0 Å². The summed E-state index contributed by atoms with van der Waals surface area (Å²) in [5.74, 6) is -0.0968. The van der Waals surface area contributed by atoms with Crippen LogP contribution in [0.4, 0.5) is 5.69 Å². The number of aromatic nitrogens is 1. The summed E-state index contributed by atoms with van der Waals surface area (Å²) in [6, 6.07) is 10.1. The SMILES string of the molecule is CNc1cc(C)ncc1C(=O)NCCc1ccccc1C. The van der Waals surface area contributed by atoms with Crippen molar-refractivity contribution in [2.24, 2.45) is 0 Å². The molecule has 2 rings (SSSR count). The van der Waals surface area contributed by atoms with E-state index < -0.39 is 0 Å². The number of pyridine rings is 1. The summed E-state index contributed by atoms with van der Waals surface area (Å²) in [4.78, 5) is 16.4. The highest BCUT2D eigenvalue weighted by atomic mass is 16.1. The molecule has 110 valence electrons. The van der Waals surface area contributed by atoms with E-state index in [1.807, 2.05) is 25.1 Å². The number of amides is 1.